The molecule has 0 spiro atoms. The van der Waals surface area contributed by atoms with Gasteiger partial charge >= 0.3 is 0 Å². The number of piperidine rings is 1. The molecule has 19 heavy (non-hydrogen) atoms. The Kier molecular flexibility index (Phi) is 4.38. The fraction of sp³-hybridized carbons (Fsp3) is 0.800. The predicted molar refractivity (Wildman–Crippen MR) is 82.4 cm³/mol. The first-order valence-electron chi connectivity index (χ1n) is 7.83. The molecule has 106 valence electrons. The van der Waals surface area contributed by atoms with E-state index >= 15 is 0 Å². The Bertz CT molecular complexity index is 410. The fourth-order valence-electron chi connectivity index (χ4n) is 3.23. The first-order valence-corrected chi connectivity index (χ1v) is 8.65. The van der Waals surface area contributed by atoms with Crippen LogP contribution in [0.1, 0.15) is 55.5 Å². The molecule has 2 heterocycles. The average molecular weight is 279 g/mol. The van der Waals surface area contributed by atoms with Gasteiger partial charge in [0.25, 0.3) is 0 Å². The Labute approximate surface area is 120 Å². The number of anilines is 1. The minimum atomic E-state index is 0.651. The molecule has 0 aromatic carbocycles. The van der Waals surface area contributed by atoms with E-state index in [4.69, 9.17) is 4.98 Å². The number of hydrogen-bond donors (Lipinski definition) is 1. The van der Waals surface area contributed by atoms with Crippen LogP contribution in [-0.4, -0.2) is 31.2 Å². The minimum absolute atomic E-state index is 0.651. The largest absolute Gasteiger partial charge is 0.348 e. The van der Waals surface area contributed by atoms with Crippen LogP contribution < -0.4 is 10.2 Å². The van der Waals surface area contributed by atoms with Crippen LogP contribution in [0.3, 0.4) is 0 Å². The molecule has 2 aliphatic rings. The topological polar surface area (TPSA) is 28.2 Å². The van der Waals surface area contributed by atoms with Gasteiger partial charge in [-0.2, -0.15) is 0 Å². The van der Waals surface area contributed by atoms with Gasteiger partial charge in [0.15, 0.2) is 5.13 Å². The third kappa shape index (κ3) is 2.95. The van der Waals surface area contributed by atoms with Crippen LogP contribution in [0.2, 0.25) is 0 Å². The lowest BCUT2D eigenvalue weighted by Gasteiger charge is -2.26. The van der Waals surface area contributed by atoms with E-state index in [1.165, 1.54) is 62.4 Å². The SMILES string of the molecule is CCNCC1CCCc2sc(N3CCCCC3)nc21. The molecule has 3 nitrogen and oxygen atoms in total. The summed E-state index contributed by atoms with van der Waals surface area (Å²) in [5.41, 5.74) is 1.41. The summed E-state index contributed by atoms with van der Waals surface area (Å²) < 4.78 is 0. The summed E-state index contributed by atoms with van der Waals surface area (Å²) in [6.45, 7) is 6.78. The number of aromatic nitrogens is 1. The van der Waals surface area contributed by atoms with Crippen molar-refractivity contribution in [2.24, 2.45) is 0 Å². The van der Waals surface area contributed by atoms with E-state index in [2.05, 4.69) is 17.1 Å². The predicted octanol–water partition coefficient (Wildman–Crippen LogP) is 3.16. The van der Waals surface area contributed by atoms with Gasteiger partial charge in [-0.1, -0.05) is 6.92 Å². The van der Waals surface area contributed by atoms with E-state index < -0.39 is 0 Å². The van der Waals surface area contributed by atoms with Crippen molar-refractivity contribution in [3.05, 3.63) is 10.6 Å². The first kappa shape index (κ1) is 13.4. The van der Waals surface area contributed by atoms with Crippen LogP contribution in [0.15, 0.2) is 0 Å². The maximum Gasteiger partial charge on any atom is 0.185 e. The molecule has 1 aliphatic heterocycles. The summed E-state index contributed by atoms with van der Waals surface area (Å²) in [6, 6.07) is 0. The summed E-state index contributed by atoms with van der Waals surface area (Å²) in [6.07, 6.45) is 7.97. The van der Waals surface area contributed by atoms with Gasteiger partial charge in [0.2, 0.25) is 0 Å². The third-order valence-electron chi connectivity index (χ3n) is 4.33. The minimum Gasteiger partial charge on any atom is -0.348 e. The Morgan fingerprint density at radius 3 is 2.89 bits per heavy atom. The zero-order chi connectivity index (χ0) is 13.1. The third-order valence-corrected chi connectivity index (χ3v) is 5.52. The molecule has 3 rings (SSSR count). The molecule has 1 N–H and O–H groups in total. The Balaban J connectivity index is 1.76. The second kappa shape index (κ2) is 6.23. The second-order valence-corrected chi connectivity index (χ2v) is 6.81. The van der Waals surface area contributed by atoms with Gasteiger partial charge in [-0.3, -0.25) is 0 Å². The zero-order valence-corrected chi connectivity index (χ0v) is 12.8. The molecule has 1 aromatic heterocycles. The summed E-state index contributed by atoms with van der Waals surface area (Å²) in [4.78, 5) is 9.09. The zero-order valence-electron chi connectivity index (χ0n) is 12.0. The van der Waals surface area contributed by atoms with Crippen molar-refractivity contribution < 1.29 is 0 Å². The highest BCUT2D eigenvalue weighted by Crippen LogP contribution is 2.38. The molecule has 0 saturated carbocycles. The van der Waals surface area contributed by atoms with Gasteiger partial charge in [-0.15, -0.1) is 11.3 Å². The molecule has 1 unspecified atom stereocenters. The molecule has 1 atom stereocenters. The molecular formula is C15H25N3S. The molecule has 1 aromatic rings. The van der Waals surface area contributed by atoms with Gasteiger partial charge in [0.05, 0.1) is 5.69 Å². The quantitative estimate of drug-likeness (QED) is 0.917. The van der Waals surface area contributed by atoms with Gasteiger partial charge in [0, 0.05) is 30.4 Å². The molecule has 1 fully saturated rings. The van der Waals surface area contributed by atoms with Crippen LogP contribution in [0.5, 0.6) is 0 Å². The van der Waals surface area contributed by atoms with Gasteiger partial charge in [-0.05, 0) is 45.1 Å². The Hall–Kier alpha value is -0.610. The molecule has 1 aliphatic carbocycles. The molecule has 4 heteroatoms. The monoisotopic (exact) mass is 279 g/mol. The fourth-order valence-corrected chi connectivity index (χ4v) is 4.47. The smallest absolute Gasteiger partial charge is 0.185 e. The van der Waals surface area contributed by atoms with E-state index in [-0.39, 0.29) is 0 Å². The number of hydrogen-bond acceptors (Lipinski definition) is 4. The normalized spacial score (nSPS) is 23.4. The highest BCUT2D eigenvalue weighted by Gasteiger charge is 2.26. The van der Waals surface area contributed by atoms with Gasteiger partial charge in [-0.25, -0.2) is 4.98 Å². The summed E-state index contributed by atoms with van der Waals surface area (Å²) >= 11 is 1.97. The summed E-state index contributed by atoms with van der Waals surface area (Å²) in [5, 5.41) is 4.80. The van der Waals surface area contributed by atoms with Crippen LogP contribution in [0.25, 0.3) is 0 Å². The Morgan fingerprint density at radius 2 is 2.11 bits per heavy atom. The van der Waals surface area contributed by atoms with Crippen molar-refractivity contribution in [1.29, 1.82) is 0 Å². The van der Waals surface area contributed by atoms with E-state index in [1.54, 1.807) is 4.88 Å². The van der Waals surface area contributed by atoms with Crippen LogP contribution in [0.4, 0.5) is 5.13 Å². The highest BCUT2D eigenvalue weighted by atomic mass is 32.1. The van der Waals surface area contributed by atoms with Crippen molar-refractivity contribution in [3.63, 3.8) is 0 Å². The van der Waals surface area contributed by atoms with E-state index in [0.717, 1.165) is 13.1 Å². The standard InChI is InChI=1S/C15H25N3S/c1-2-16-11-12-7-6-8-13-14(12)17-15(19-13)18-9-4-3-5-10-18/h12,16H,2-11H2,1H3. The summed E-state index contributed by atoms with van der Waals surface area (Å²) in [5.74, 6) is 0.651. The second-order valence-electron chi connectivity index (χ2n) is 5.75. The van der Waals surface area contributed by atoms with Crippen molar-refractivity contribution in [2.45, 2.75) is 51.4 Å². The van der Waals surface area contributed by atoms with Gasteiger partial charge < -0.3 is 10.2 Å². The van der Waals surface area contributed by atoms with Crippen molar-refractivity contribution >= 4 is 16.5 Å². The maximum atomic E-state index is 5.01. The molecule has 0 amide bonds. The maximum absolute atomic E-state index is 5.01. The number of nitrogens with one attached hydrogen (secondary N) is 1. The average Bonchev–Trinajstić information content (AvgIpc) is 2.90. The lowest BCUT2D eigenvalue weighted by molar-refractivity contribution is 0.508. The summed E-state index contributed by atoms with van der Waals surface area (Å²) in [7, 11) is 0. The molecular weight excluding hydrogens is 254 g/mol. The lowest BCUT2D eigenvalue weighted by atomic mass is 9.91. The van der Waals surface area contributed by atoms with E-state index in [1.807, 2.05) is 11.3 Å². The van der Waals surface area contributed by atoms with Gasteiger partial charge in [0.1, 0.15) is 0 Å². The van der Waals surface area contributed by atoms with Crippen molar-refractivity contribution in [2.75, 3.05) is 31.1 Å². The van der Waals surface area contributed by atoms with E-state index in [0.29, 0.717) is 5.92 Å². The number of nitrogens with zero attached hydrogens (tertiary/aromatic N) is 2. The molecule has 1 saturated heterocycles. The van der Waals surface area contributed by atoms with Crippen LogP contribution >= 0.6 is 11.3 Å². The number of likely N-dealkylation sites (N-methyl/N-ethyl adjacent to an activating group) is 1. The number of aryl methyl sites for hydroxylation is 1. The van der Waals surface area contributed by atoms with Crippen LogP contribution in [-0.2, 0) is 6.42 Å². The Morgan fingerprint density at radius 1 is 1.26 bits per heavy atom. The van der Waals surface area contributed by atoms with Crippen molar-refractivity contribution in [1.82, 2.24) is 10.3 Å². The number of rotatable bonds is 4. The lowest BCUT2D eigenvalue weighted by Crippen LogP contribution is -2.29. The van der Waals surface area contributed by atoms with E-state index in [9.17, 15) is 0 Å². The molecule has 0 bridgehead atoms. The molecule has 0 radical (unpaired) electrons. The highest BCUT2D eigenvalue weighted by molar-refractivity contribution is 7.15. The van der Waals surface area contributed by atoms with Crippen molar-refractivity contribution in [3.8, 4) is 0 Å². The first-order chi connectivity index (χ1) is 9.38. The van der Waals surface area contributed by atoms with Crippen LogP contribution in [0, 0.1) is 0 Å². The number of fused-ring (bicyclic) bond motifs is 1. The number of thiazole rings is 1.